The smallest absolute Gasteiger partial charge is 0.409 e. The van der Waals surface area contributed by atoms with Crippen molar-refractivity contribution in [1.82, 2.24) is 14.4 Å². The molecule has 1 aromatic heterocycles. The van der Waals surface area contributed by atoms with Crippen LogP contribution in [0.4, 0.5) is 10.5 Å². The van der Waals surface area contributed by atoms with Gasteiger partial charge in [-0.1, -0.05) is 0 Å². The molecular weight excluding hydrogens is 260 g/mol. The van der Waals surface area contributed by atoms with Crippen LogP contribution in [0, 0.1) is 0 Å². The van der Waals surface area contributed by atoms with Crippen LogP contribution in [0.2, 0.25) is 0 Å². The molecule has 0 bridgehead atoms. The van der Waals surface area contributed by atoms with Crippen LogP contribution in [0.1, 0.15) is 17.4 Å². The van der Waals surface area contributed by atoms with Crippen molar-refractivity contribution in [3.8, 4) is 0 Å². The minimum Gasteiger partial charge on any atom is -0.453 e. The van der Waals surface area contributed by atoms with Crippen LogP contribution in [0.25, 0.3) is 0 Å². The standard InChI is InChI=1S/C13H20N4O3/c1-3-15-9-10(14)8-11(15)12(18)16-4-6-17(7-5-16)13(19)20-2/h8-9H,3-7,14H2,1-2H3. The number of nitrogens with two attached hydrogens (primary N) is 1. The molecule has 7 heteroatoms. The Labute approximate surface area is 117 Å². The molecule has 1 saturated heterocycles. The lowest BCUT2D eigenvalue weighted by atomic mass is 10.3. The third kappa shape index (κ3) is 2.71. The fourth-order valence-electron chi connectivity index (χ4n) is 2.36. The van der Waals surface area contributed by atoms with E-state index in [9.17, 15) is 9.59 Å². The molecule has 20 heavy (non-hydrogen) atoms. The first-order valence-electron chi connectivity index (χ1n) is 6.64. The maximum Gasteiger partial charge on any atom is 0.409 e. The number of ether oxygens (including phenoxy) is 1. The second-order valence-electron chi connectivity index (χ2n) is 4.69. The number of anilines is 1. The summed E-state index contributed by atoms with van der Waals surface area (Å²) in [5, 5.41) is 0. The molecule has 2 heterocycles. The molecule has 0 spiro atoms. The van der Waals surface area contributed by atoms with Gasteiger partial charge in [0.1, 0.15) is 5.69 Å². The normalized spacial score (nSPS) is 15.3. The zero-order valence-electron chi connectivity index (χ0n) is 11.8. The van der Waals surface area contributed by atoms with E-state index in [1.54, 1.807) is 22.1 Å². The van der Waals surface area contributed by atoms with Gasteiger partial charge >= 0.3 is 6.09 Å². The Bertz CT molecular complexity index is 504. The van der Waals surface area contributed by atoms with E-state index in [1.165, 1.54) is 7.11 Å². The Morgan fingerprint density at radius 2 is 1.85 bits per heavy atom. The zero-order chi connectivity index (χ0) is 14.7. The van der Waals surface area contributed by atoms with Crippen molar-refractivity contribution in [3.63, 3.8) is 0 Å². The Balaban J connectivity index is 2.03. The van der Waals surface area contributed by atoms with E-state index in [4.69, 9.17) is 5.73 Å². The van der Waals surface area contributed by atoms with Gasteiger partial charge in [0.05, 0.1) is 12.8 Å². The molecule has 110 valence electrons. The minimum absolute atomic E-state index is 0.0481. The van der Waals surface area contributed by atoms with E-state index >= 15 is 0 Å². The van der Waals surface area contributed by atoms with Crippen molar-refractivity contribution in [2.45, 2.75) is 13.5 Å². The highest BCUT2D eigenvalue weighted by Crippen LogP contribution is 2.15. The summed E-state index contributed by atoms with van der Waals surface area (Å²) >= 11 is 0. The number of nitrogen functional groups attached to an aromatic ring is 1. The van der Waals surface area contributed by atoms with Crippen LogP contribution in [-0.4, -0.2) is 59.7 Å². The van der Waals surface area contributed by atoms with E-state index in [-0.39, 0.29) is 12.0 Å². The van der Waals surface area contributed by atoms with Crippen molar-refractivity contribution < 1.29 is 14.3 Å². The monoisotopic (exact) mass is 280 g/mol. The Hall–Kier alpha value is -2.18. The van der Waals surface area contributed by atoms with E-state index in [2.05, 4.69) is 4.74 Å². The van der Waals surface area contributed by atoms with Crippen molar-refractivity contribution in [2.75, 3.05) is 39.0 Å². The van der Waals surface area contributed by atoms with Crippen LogP contribution in [-0.2, 0) is 11.3 Å². The van der Waals surface area contributed by atoms with Crippen LogP contribution < -0.4 is 5.73 Å². The first-order chi connectivity index (χ1) is 9.56. The molecule has 0 aromatic carbocycles. The maximum absolute atomic E-state index is 12.5. The summed E-state index contributed by atoms with van der Waals surface area (Å²) < 4.78 is 6.51. The fraction of sp³-hybridized carbons (Fsp3) is 0.538. The molecule has 0 atom stereocenters. The van der Waals surface area contributed by atoms with Gasteiger partial charge in [0, 0.05) is 38.9 Å². The zero-order valence-corrected chi connectivity index (χ0v) is 11.8. The number of methoxy groups -OCH3 is 1. The first-order valence-corrected chi connectivity index (χ1v) is 6.64. The second-order valence-corrected chi connectivity index (χ2v) is 4.69. The molecule has 1 aliphatic rings. The lowest BCUT2D eigenvalue weighted by Crippen LogP contribution is -2.50. The average Bonchev–Trinajstić information content (AvgIpc) is 2.87. The average molecular weight is 280 g/mol. The lowest BCUT2D eigenvalue weighted by Gasteiger charge is -2.33. The van der Waals surface area contributed by atoms with E-state index in [1.807, 2.05) is 11.5 Å². The highest BCUT2D eigenvalue weighted by molar-refractivity contribution is 5.94. The van der Waals surface area contributed by atoms with Gasteiger partial charge in [-0.25, -0.2) is 4.79 Å². The first kappa shape index (κ1) is 14.2. The highest BCUT2D eigenvalue weighted by Gasteiger charge is 2.26. The molecule has 0 radical (unpaired) electrons. The van der Waals surface area contributed by atoms with Gasteiger partial charge in [0.25, 0.3) is 5.91 Å². The number of carbonyl (C=O) groups excluding carboxylic acids is 2. The van der Waals surface area contributed by atoms with Crippen LogP contribution in [0.5, 0.6) is 0 Å². The summed E-state index contributed by atoms with van der Waals surface area (Å²) in [6.45, 7) is 4.64. The predicted octanol–water partition coefficient (Wildman–Crippen LogP) is 0.614. The van der Waals surface area contributed by atoms with Crippen LogP contribution in [0.15, 0.2) is 12.3 Å². The molecule has 1 aromatic rings. The number of aromatic nitrogens is 1. The van der Waals surface area contributed by atoms with E-state index in [0.29, 0.717) is 44.1 Å². The molecular formula is C13H20N4O3. The van der Waals surface area contributed by atoms with Gasteiger partial charge in [-0.3, -0.25) is 4.79 Å². The number of carbonyl (C=O) groups is 2. The predicted molar refractivity (Wildman–Crippen MR) is 74.4 cm³/mol. The highest BCUT2D eigenvalue weighted by atomic mass is 16.5. The second kappa shape index (κ2) is 5.85. The Morgan fingerprint density at radius 1 is 1.25 bits per heavy atom. The molecule has 0 aliphatic carbocycles. The van der Waals surface area contributed by atoms with Crippen molar-refractivity contribution in [3.05, 3.63) is 18.0 Å². The maximum atomic E-state index is 12.5. The number of rotatable bonds is 2. The van der Waals surface area contributed by atoms with E-state index < -0.39 is 0 Å². The summed E-state index contributed by atoms with van der Waals surface area (Å²) in [7, 11) is 1.36. The van der Waals surface area contributed by atoms with Gasteiger partial charge in [-0.15, -0.1) is 0 Å². The summed E-state index contributed by atoms with van der Waals surface area (Å²) in [6.07, 6.45) is 1.41. The van der Waals surface area contributed by atoms with Gasteiger partial charge in [0.2, 0.25) is 0 Å². The number of nitrogens with zero attached hydrogens (tertiary/aromatic N) is 3. The number of amides is 2. The molecule has 1 fully saturated rings. The summed E-state index contributed by atoms with van der Waals surface area (Å²) in [4.78, 5) is 27.2. The molecule has 2 rings (SSSR count). The molecule has 7 nitrogen and oxygen atoms in total. The third-order valence-electron chi connectivity index (χ3n) is 3.48. The SMILES string of the molecule is CCn1cc(N)cc1C(=O)N1CCN(C(=O)OC)CC1. The third-order valence-corrected chi connectivity index (χ3v) is 3.48. The number of piperazine rings is 1. The Morgan fingerprint density at radius 3 is 2.40 bits per heavy atom. The number of aryl methyl sites for hydroxylation is 1. The quantitative estimate of drug-likeness (QED) is 0.861. The topological polar surface area (TPSA) is 80.8 Å². The summed E-state index contributed by atoms with van der Waals surface area (Å²) in [5.74, 6) is -0.0481. The minimum atomic E-state index is -0.349. The molecule has 0 unspecified atom stereocenters. The van der Waals surface area contributed by atoms with Gasteiger partial charge in [-0.05, 0) is 13.0 Å². The van der Waals surface area contributed by atoms with Crippen molar-refractivity contribution >= 4 is 17.7 Å². The van der Waals surface area contributed by atoms with Gasteiger partial charge in [0.15, 0.2) is 0 Å². The number of hydrogen-bond donors (Lipinski definition) is 1. The van der Waals surface area contributed by atoms with Gasteiger partial charge < -0.3 is 24.8 Å². The lowest BCUT2D eigenvalue weighted by molar-refractivity contribution is 0.0590. The molecule has 1 aliphatic heterocycles. The van der Waals surface area contributed by atoms with Crippen molar-refractivity contribution in [1.29, 1.82) is 0 Å². The number of hydrogen-bond acceptors (Lipinski definition) is 4. The van der Waals surface area contributed by atoms with E-state index in [0.717, 1.165) is 0 Å². The Kier molecular flexibility index (Phi) is 4.16. The summed E-state index contributed by atoms with van der Waals surface area (Å²) in [6, 6.07) is 1.69. The van der Waals surface area contributed by atoms with Crippen LogP contribution in [0.3, 0.4) is 0 Å². The largest absolute Gasteiger partial charge is 0.453 e. The fourth-order valence-corrected chi connectivity index (χ4v) is 2.36. The van der Waals surface area contributed by atoms with Crippen molar-refractivity contribution in [2.24, 2.45) is 0 Å². The van der Waals surface area contributed by atoms with Crippen LogP contribution >= 0.6 is 0 Å². The van der Waals surface area contributed by atoms with Gasteiger partial charge in [-0.2, -0.15) is 0 Å². The molecule has 2 N–H and O–H groups in total. The summed E-state index contributed by atoms with van der Waals surface area (Å²) in [5.41, 5.74) is 6.92. The molecule has 2 amide bonds. The molecule has 0 saturated carbocycles.